The molecule has 0 saturated heterocycles. The smallest absolute Gasteiger partial charge is 0.229 e. The highest BCUT2D eigenvalue weighted by Crippen LogP contribution is 2.62. The maximum atomic E-state index is 13.2. The van der Waals surface area contributed by atoms with Gasteiger partial charge in [-0.3, -0.25) is 9.59 Å². The van der Waals surface area contributed by atoms with Crippen LogP contribution in [-0.4, -0.2) is 58.2 Å². The van der Waals surface area contributed by atoms with Gasteiger partial charge in [0.05, 0.1) is 18.4 Å². The number of thiazole rings is 1. The van der Waals surface area contributed by atoms with Crippen LogP contribution in [0.4, 0.5) is 5.13 Å². The van der Waals surface area contributed by atoms with Crippen LogP contribution < -0.4 is 5.32 Å². The molecule has 0 spiro atoms. The monoisotopic (exact) mass is 503 g/mol. The fourth-order valence-electron chi connectivity index (χ4n) is 6.90. The average molecular weight is 504 g/mol. The van der Waals surface area contributed by atoms with Crippen LogP contribution in [-0.2, 0) is 16.0 Å². The van der Waals surface area contributed by atoms with Crippen molar-refractivity contribution in [3.8, 4) is 0 Å². The van der Waals surface area contributed by atoms with E-state index >= 15 is 0 Å². The second-order valence-electron chi connectivity index (χ2n) is 11.5. The first-order valence-corrected chi connectivity index (χ1v) is 13.9. The molecule has 7 nitrogen and oxygen atoms in total. The number of fused-ring (bicyclic) bond motifs is 2. The van der Waals surface area contributed by atoms with Gasteiger partial charge in [-0.1, -0.05) is 39.2 Å². The van der Waals surface area contributed by atoms with Crippen LogP contribution in [0.3, 0.4) is 0 Å². The molecule has 2 fully saturated rings. The van der Waals surface area contributed by atoms with E-state index in [0.29, 0.717) is 30.9 Å². The Balaban J connectivity index is 1.68. The second-order valence-corrected chi connectivity index (χ2v) is 12.5. The largest absolute Gasteiger partial charge is 0.396 e. The van der Waals surface area contributed by atoms with Crippen molar-refractivity contribution in [1.29, 1.82) is 0 Å². The van der Waals surface area contributed by atoms with Crippen LogP contribution in [0.5, 0.6) is 0 Å². The summed E-state index contributed by atoms with van der Waals surface area (Å²) in [5.74, 6) is -0.0247. The lowest BCUT2D eigenvalue weighted by molar-refractivity contribution is -0.146. The molecule has 35 heavy (non-hydrogen) atoms. The third-order valence-corrected chi connectivity index (χ3v) is 10.3. The molecule has 1 heterocycles. The van der Waals surface area contributed by atoms with Gasteiger partial charge in [-0.25, -0.2) is 4.98 Å². The fraction of sp³-hybridized carbons (Fsp3) is 0.741. The van der Waals surface area contributed by atoms with Gasteiger partial charge in [0, 0.05) is 42.1 Å². The van der Waals surface area contributed by atoms with Crippen LogP contribution in [0.1, 0.15) is 81.7 Å². The minimum Gasteiger partial charge on any atom is -0.396 e. The first-order valence-electron chi connectivity index (χ1n) is 13.1. The van der Waals surface area contributed by atoms with Crippen molar-refractivity contribution in [2.24, 2.45) is 22.7 Å². The van der Waals surface area contributed by atoms with Crippen molar-refractivity contribution in [3.63, 3.8) is 0 Å². The molecule has 3 aliphatic rings. The van der Waals surface area contributed by atoms with Crippen LogP contribution in [0.2, 0.25) is 0 Å². The van der Waals surface area contributed by atoms with E-state index in [2.05, 4.69) is 18.8 Å². The van der Waals surface area contributed by atoms with E-state index in [0.717, 1.165) is 42.7 Å². The van der Waals surface area contributed by atoms with Crippen molar-refractivity contribution >= 4 is 28.3 Å². The van der Waals surface area contributed by atoms with E-state index in [9.17, 15) is 19.8 Å². The van der Waals surface area contributed by atoms with Gasteiger partial charge in [0.1, 0.15) is 0 Å². The minimum absolute atomic E-state index is 0.00102. The van der Waals surface area contributed by atoms with E-state index < -0.39 is 11.5 Å². The number of carbonyl (C=O) groups is 2. The maximum absolute atomic E-state index is 13.2. The van der Waals surface area contributed by atoms with Crippen molar-refractivity contribution < 1.29 is 19.8 Å². The molecule has 2 amide bonds. The number of carbonyl (C=O) groups excluding carboxylic acids is 2. The molecule has 3 aliphatic carbocycles. The summed E-state index contributed by atoms with van der Waals surface area (Å²) in [7, 11) is 1.78. The molecule has 8 heteroatoms. The topological polar surface area (TPSA) is 103 Å². The molecule has 0 bridgehead atoms. The van der Waals surface area contributed by atoms with Crippen molar-refractivity contribution in [2.75, 3.05) is 25.5 Å². The SMILES string of the molecule is C=CCN(C)C(=O)C[C@@H]1c2nc(NC(=O)C3CCCCC3)sc2C[C@@H]2[C@](C)(CO)[C@H](O)CC[C@]21C. The van der Waals surface area contributed by atoms with Crippen LogP contribution in [0.25, 0.3) is 0 Å². The third-order valence-electron chi connectivity index (χ3n) is 9.31. The molecule has 4 rings (SSSR count). The molecule has 3 N–H and O–H groups in total. The fourth-order valence-corrected chi connectivity index (χ4v) is 7.97. The number of anilines is 1. The molecule has 2 saturated carbocycles. The average Bonchev–Trinajstić information content (AvgIpc) is 3.25. The quantitative estimate of drug-likeness (QED) is 0.486. The number of nitrogens with one attached hydrogen (secondary N) is 1. The Bertz CT molecular complexity index is 958. The summed E-state index contributed by atoms with van der Waals surface area (Å²) in [6, 6.07) is 0. The lowest BCUT2D eigenvalue weighted by Crippen LogP contribution is -2.57. The number of likely N-dealkylation sites (N-methyl/N-ethyl adjacent to an activating group) is 1. The zero-order chi connectivity index (χ0) is 25.4. The number of amides is 2. The van der Waals surface area contributed by atoms with Gasteiger partial charge in [0.15, 0.2) is 5.13 Å². The number of hydrogen-bond donors (Lipinski definition) is 3. The van der Waals surface area contributed by atoms with Crippen LogP contribution in [0.15, 0.2) is 12.7 Å². The first kappa shape index (κ1) is 26.3. The highest BCUT2D eigenvalue weighted by Gasteiger charge is 2.59. The van der Waals surface area contributed by atoms with Gasteiger partial charge in [0.25, 0.3) is 0 Å². The number of aliphatic hydroxyl groups excluding tert-OH is 2. The Labute approximate surface area is 213 Å². The normalized spacial score (nSPS) is 32.9. The summed E-state index contributed by atoms with van der Waals surface area (Å²) in [6.45, 7) is 8.30. The number of nitrogens with zero attached hydrogens (tertiary/aromatic N) is 2. The number of aliphatic hydroxyl groups is 2. The summed E-state index contributed by atoms with van der Waals surface area (Å²) >= 11 is 1.50. The highest BCUT2D eigenvalue weighted by atomic mass is 32.1. The highest BCUT2D eigenvalue weighted by molar-refractivity contribution is 7.15. The lowest BCUT2D eigenvalue weighted by Gasteiger charge is -2.58. The maximum Gasteiger partial charge on any atom is 0.229 e. The predicted molar refractivity (Wildman–Crippen MR) is 138 cm³/mol. The molecule has 5 atom stereocenters. The number of rotatable bonds is 7. The molecule has 0 radical (unpaired) electrons. The predicted octanol–water partition coefficient (Wildman–Crippen LogP) is 4.11. The van der Waals surface area contributed by atoms with Crippen molar-refractivity contribution in [3.05, 3.63) is 23.2 Å². The Morgan fingerprint density at radius 2 is 1.97 bits per heavy atom. The van der Waals surface area contributed by atoms with Crippen molar-refractivity contribution in [1.82, 2.24) is 9.88 Å². The molecule has 0 aromatic carbocycles. The van der Waals surface area contributed by atoms with E-state index in [1.54, 1.807) is 18.0 Å². The Kier molecular flexibility index (Phi) is 7.74. The van der Waals surface area contributed by atoms with E-state index in [1.807, 2.05) is 6.92 Å². The first-order chi connectivity index (χ1) is 16.6. The Morgan fingerprint density at radius 1 is 1.26 bits per heavy atom. The molecule has 0 aliphatic heterocycles. The standard InChI is InChI=1S/C27H41N3O4S/c1-5-13-30(4)22(33)14-18-23-19(15-20-26(18,2)12-11-21(32)27(20,3)16-31)35-25(28-23)29-24(34)17-9-7-6-8-10-17/h5,17-18,20-21,31-32H,1,6-16H2,2-4H3,(H,28,29,34)/t18-,20+,21-,26+,27+/m1/s1. The third kappa shape index (κ3) is 4.81. The summed E-state index contributed by atoms with van der Waals surface area (Å²) in [6.07, 6.45) is 8.70. The number of hydrogen-bond acceptors (Lipinski definition) is 6. The van der Waals surface area contributed by atoms with Gasteiger partial charge in [-0.15, -0.1) is 17.9 Å². The molecule has 1 aromatic rings. The van der Waals surface area contributed by atoms with Gasteiger partial charge in [0.2, 0.25) is 11.8 Å². The van der Waals surface area contributed by atoms with Gasteiger partial charge < -0.3 is 20.4 Å². The Hall–Kier alpha value is -1.77. The molecular weight excluding hydrogens is 462 g/mol. The van der Waals surface area contributed by atoms with E-state index in [-0.39, 0.29) is 41.6 Å². The van der Waals surface area contributed by atoms with E-state index in [4.69, 9.17) is 4.98 Å². The van der Waals surface area contributed by atoms with Crippen LogP contribution >= 0.6 is 11.3 Å². The van der Waals surface area contributed by atoms with Gasteiger partial charge in [-0.05, 0) is 43.4 Å². The van der Waals surface area contributed by atoms with Crippen LogP contribution in [0, 0.1) is 22.7 Å². The molecule has 1 aromatic heterocycles. The van der Waals surface area contributed by atoms with Gasteiger partial charge in [-0.2, -0.15) is 0 Å². The number of aromatic nitrogens is 1. The summed E-state index contributed by atoms with van der Waals surface area (Å²) in [5.41, 5.74) is -0.0496. The summed E-state index contributed by atoms with van der Waals surface area (Å²) < 4.78 is 0. The molecule has 0 unspecified atom stereocenters. The second kappa shape index (κ2) is 10.3. The molecule has 194 valence electrons. The zero-order valence-electron chi connectivity index (χ0n) is 21.4. The zero-order valence-corrected chi connectivity index (χ0v) is 22.2. The summed E-state index contributed by atoms with van der Waals surface area (Å²) in [4.78, 5) is 33.8. The molecular formula is C27H41N3O4S. The van der Waals surface area contributed by atoms with Gasteiger partial charge >= 0.3 is 0 Å². The minimum atomic E-state index is -0.658. The van der Waals surface area contributed by atoms with Crippen molar-refractivity contribution in [2.45, 2.75) is 83.7 Å². The Morgan fingerprint density at radius 3 is 2.63 bits per heavy atom. The lowest BCUT2D eigenvalue weighted by atomic mass is 9.47. The summed E-state index contributed by atoms with van der Waals surface area (Å²) in [5, 5.41) is 25.0. The van der Waals surface area contributed by atoms with E-state index in [1.165, 1.54) is 17.8 Å².